The molecule has 0 radical (unpaired) electrons. The molecule has 0 saturated heterocycles. The second-order valence-electron chi connectivity index (χ2n) is 3.73. The molecule has 0 fully saturated rings. The number of rotatable bonds is 8. The molecule has 18 heavy (non-hydrogen) atoms. The maximum Gasteiger partial charge on any atom is 0.323 e. The second kappa shape index (κ2) is 8.29. The van der Waals surface area contributed by atoms with Crippen LogP contribution in [0, 0.1) is 0 Å². The fourth-order valence-electron chi connectivity index (χ4n) is 1.19. The molecule has 3 amide bonds. The number of nitrogens with two attached hydrogens (primary N) is 1. The summed E-state index contributed by atoms with van der Waals surface area (Å²) >= 11 is 0. The number of nitrogens with one attached hydrogen (secondary N) is 1. The van der Waals surface area contributed by atoms with E-state index in [1.54, 1.807) is 6.92 Å². The van der Waals surface area contributed by atoms with Gasteiger partial charge in [-0.3, -0.25) is 9.59 Å². The first-order valence-corrected chi connectivity index (χ1v) is 5.50. The van der Waals surface area contributed by atoms with Gasteiger partial charge in [-0.05, 0) is 13.8 Å². The molecule has 0 saturated carbocycles. The van der Waals surface area contributed by atoms with Crippen molar-refractivity contribution < 1.29 is 24.2 Å². The molecule has 1 unspecified atom stereocenters. The van der Waals surface area contributed by atoms with E-state index in [1.165, 1.54) is 0 Å². The molecule has 4 N–H and O–H groups in total. The zero-order valence-electron chi connectivity index (χ0n) is 10.5. The van der Waals surface area contributed by atoms with Gasteiger partial charge < -0.3 is 25.8 Å². The van der Waals surface area contributed by atoms with Crippen LogP contribution in [0.5, 0.6) is 0 Å². The zero-order valence-corrected chi connectivity index (χ0v) is 10.5. The Morgan fingerprint density at radius 2 is 2.00 bits per heavy atom. The summed E-state index contributed by atoms with van der Waals surface area (Å²) in [7, 11) is 0. The summed E-state index contributed by atoms with van der Waals surface area (Å²) in [5.74, 6) is -1.99. The standard InChI is InChI=1S/C10H19N3O5/c1-3-18-6-7(2)12-10(17)13(4-8(11)14)5-9(15)16/h7H,3-6H2,1-2H3,(H2,11,14)(H,12,17)(H,15,16). The molecule has 0 aliphatic rings. The number of ether oxygens (including phenoxy) is 1. The molecule has 0 bridgehead atoms. The number of aliphatic carboxylic acids is 1. The fraction of sp³-hybridized carbons (Fsp3) is 0.700. The molecule has 0 aromatic carbocycles. The van der Waals surface area contributed by atoms with Gasteiger partial charge in [0.1, 0.15) is 13.1 Å². The van der Waals surface area contributed by atoms with Gasteiger partial charge in [0.2, 0.25) is 5.91 Å². The van der Waals surface area contributed by atoms with Crippen molar-refractivity contribution in [2.45, 2.75) is 19.9 Å². The van der Waals surface area contributed by atoms with Crippen molar-refractivity contribution in [2.75, 3.05) is 26.3 Å². The molecule has 0 rings (SSSR count). The van der Waals surface area contributed by atoms with Crippen molar-refractivity contribution in [2.24, 2.45) is 5.73 Å². The van der Waals surface area contributed by atoms with E-state index in [4.69, 9.17) is 15.6 Å². The van der Waals surface area contributed by atoms with Gasteiger partial charge in [-0.15, -0.1) is 0 Å². The van der Waals surface area contributed by atoms with E-state index in [-0.39, 0.29) is 6.04 Å². The monoisotopic (exact) mass is 261 g/mol. The number of urea groups is 1. The van der Waals surface area contributed by atoms with Crippen molar-refractivity contribution in [3.8, 4) is 0 Å². The number of hydrogen-bond donors (Lipinski definition) is 3. The topological polar surface area (TPSA) is 122 Å². The van der Waals surface area contributed by atoms with Crippen molar-refractivity contribution in [3.63, 3.8) is 0 Å². The number of carbonyl (C=O) groups is 3. The summed E-state index contributed by atoms with van der Waals surface area (Å²) in [5, 5.41) is 11.1. The van der Waals surface area contributed by atoms with Gasteiger partial charge in [-0.2, -0.15) is 0 Å². The number of primary amides is 1. The van der Waals surface area contributed by atoms with Gasteiger partial charge in [0.05, 0.1) is 12.6 Å². The van der Waals surface area contributed by atoms with E-state index in [1.807, 2.05) is 6.92 Å². The first-order chi connectivity index (χ1) is 8.36. The number of amides is 3. The summed E-state index contributed by atoms with van der Waals surface area (Å²) in [6, 6.07) is -0.954. The minimum absolute atomic E-state index is 0.290. The third-order valence-electron chi connectivity index (χ3n) is 1.90. The molecule has 0 aliphatic heterocycles. The summed E-state index contributed by atoms with van der Waals surface area (Å²) in [4.78, 5) is 33.8. The minimum Gasteiger partial charge on any atom is -0.480 e. The van der Waals surface area contributed by atoms with E-state index >= 15 is 0 Å². The highest BCUT2D eigenvalue weighted by atomic mass is 16.5. The number of carboxylic acids is 1. The Kier molecular flexibility index (Phi) is 7.45. The Morgan fingerprint density at radius 1 is 1.39 bits per heavy atom. The number of carboxylic acid groups (broad SMARTS) is 1. The molecule has 8 heteroatoms. The average Bonchev–Trinajstić information content (AvgIpc) is 2.24. The van der Waals surface area contributed by atoms with Gasteiger partial charge >= 0.3 is 12.0 Å². The van der Waals surface area contributed by atoms with Crippen LogP contribution < -0.4 is 11.1 Å². The fourth-order valence-corrected chi connectivity index (χ4v) is 1.19. The molecular formula is C10H19N3O5. The quantitative estimate of drug-likeness (QED) is 0.517. The Hall–Kier alpha value is -1.83. The number of carbonyl (C=O) groups excluding carboxylic acids is 2. The molecule has 0 spiro atoms. The summed E-state index contributed by atoms with van der Waals surface area (Å²) in [6.45, 7) is 3.31. The third kappa shape index (κ3) is 7.44. The lowest BCUT2D eigenvalue weighted by Gasteiger charge is -2.22. The highest BCUT2D eigenvalue weighted by Gasteiger charge is 2.20. The molecule has 1 atom stereocenters. The lowest BCUT2D eigenvalue weighted by molar-refractivity contribution is -0.137. The highest BCUT2D eigenvalue weighted by Crippen LogP contribution is 1.93. The van der Waals surface area contributed by atoms with Crippen LogP contribution in [0.4, 0.5) is 4.79 Å². The van der Waals surface area contributed by atoms with Gasteiger partial charge in [0.15, 0.2) is 0 Å². The number of hydrogen-bond acceptors (Lipinski definition) is 4. The highest BCUT2D eigenvalue weighted by molar-refractivity contribution is 5.86. The van der Waals surface area contributed by atoms with E-state index < -0.39 is 31.0 Å². The molecule has 104 valence electrons. The largest absolute Gasteiger partial charge is 0.480 e. The van der Waals surface area contributed by atoms with Crippen molar-refractivity contribution >= 4 is 17.9 Å². The second-order valence-corrected chi connectivity index (χ2v) is 3.73. The van der Waals surface area contributed by atoms with Crippen LogP contribution in [0.25, 0.3) is 0 Å². The summed E-state index contributed by atoms with van der Waals surface area (Å²) in [6.07, 6.45) is 0. The summed E-state index contributed by atoms with van der Waals surface area (Å²) in [5.41, 5.74) is 4.94. The Labute approximate surface area is 105 Å². The van der Waals surface area contributed by atoms with Crippen molar-refractivity contribution in [1.29, 1.82) is 0 Å². The molecule has 8 nitrogen and oxygen atoms in total. The van der Waals surface area contributed by atoms with Gasteiger partial charge in [0.25, 0.3) is 0 Å². The van der Waals surface area contributed by atoms with Crippen LogP contribution in [0.2, 0.25) is 0 Å². The van der Waals surface area contributed by atoms with Gasteiger partial charge in [-0.25, -0.2) is 4.79 Å². The van der Waals surface area contributed by atoms with Crippen molar-refractivity contribution in [1.82, 2.24) is 10.2 Å². The maximum absolute atomic E-state index is 11.7. The maximum atomic E-state index is 11.7. The Morgan fingerprint density at radius 3 is 2.44 bits per heavy atom. The van der Waals surface area contributed by atoms with Crippen LogP contribution in [-0.2, 0) is 14.3 Å². The predicted octanol–water partition coefficient (Wildman–Crippen LogP) is -1.01. The van der Waals surface area contributed by atoms with E-state index in [2.05, 4.69) is 5.32 Å². The average molecular weight is 261 g/mol. The van der Waals surface area contributed by atoms with Crippen LogP contribution >= 0.6 is 0 Å². The normalized spacial score (nSPS) is 11.7. The van der Waals surface area contributed by atoms with Crippen LogP contribution in [0.15, 0.2) is 0 Å². The van der Waals surface area contributed by atoms with Gasteiger partial charge in [0, 0.05) is 6.61 Å². The molecule has 0 aromatic heterocycles. The SMILES string of the molecule is CCOCC(C)NC(=O)N(CC(N)=O)CC(=O)O. The lowest BCUT2D eigenvalue weighted by Crippen LogP contribution is -2.49. The van der Waals surface area contributed by atoms with Crippen LogP contribution in [0.1, 0.15) is 13.8 Å². The molecular weight excluding hydrogens is 242 g/mol. The lowest BCUT2D eigenvalue weighted by atomic mass is 10.3. The predicted molar refractivity (Wildman–Crippen MR) is 62.9 cm³/mol. The van der Waals surface area contributed by atoms with E-state index in [0.29, 0.717) is 13.2 Å². The van der Waals surface area contributed by atoms with Crippen molar-refractivity contribution in [3.05, 3.63) is 0 Å². The van der Waals surface area contributed by atoms with Crippen LogP contribution in [0.3, 0.4) is 0 Å². The third-order valence-corrected chi connectivity index (χ3v) is 1.90. The minimum atomic E-state index is -1.22. The zero-order chi connectivity index (χ0) is 14.1. The summed E-state index contributed by atoms with van der Waals surface area (Å²) < 4.78 is 5.10. The Bertz CT molecular complexity index is 292. The Balaban J connectivity index is 4.35. The molecule has 0 aromatic rings. The molecule has 0 heterocycles. The first kappa shape index (κ1) is 16.2. The molecule has 0 aliphatic carbocycles. The van der Waals surface area contributed by atoms with E-state index in [9.17, 15) is 14.4 Å². The van der Waals surface area contributed by atoms with Crippen LogP contribution in [-0.4, -0.2) is 60.3 Å². The number of nitrogens with zero attached hydrogens (tertiary/aromatic N) is 1. The smallest absolute Gasteiger partial charge is 0.323 e. The van der Waals surface area contributed by atoms with E-state index in [0.717, 1.165) is 4.90 Å². The van der Waals surface area contributed by atoms with Gasteiger partial charge in [-0.1, -0.05) is 0 Å². The first-order valence-electron chi connectivity index (χ1n) is 5.50.